The van der Waals surface area contributed by atoms with Gasteiger partial charge in [-0.1, -0.05) is 62.2 Å². The maximum Gasteiger partial charge on any atom is -0.00699 e. The molecule has 0 heteroatoms. The van der Waals surface area contributed by atoms with Crippen LogP contribution in [-0.2, 0) is 0 Å². The first kappa shape index (κ1) is 11.7. The van der Waals surface area contributed by atoms with E-state index in [0.717, 1.165) is 16.0 Å². The zero-order chi connectivity index (χ0) is 13.6. The lowest BCUT2D eigenvalue weighted by Crippen LogP contribution is -2.13. The van der Waals surface area contributed by atoms with Crippen molar-refractivity contribution < 1.29 is 0 Å². The second-order valence-corrected chi connectivity index (χ2v) is 4.91. The third-order valence-electron chi connectivity index (χ3n) is 3.93. The van der Waals surface area contributed by atoms with Crippen LogP contribution in [-0.4, -0.2) is 0 Å². The van der Waals surface area contributed by atoms with Gasteiger partial charge < -0.3 is 0 Å². The lowest BCUT2D eigenvalue weighted by atomic mass is 9.93. The highest BCUT2D eigenvalue weighted by atomic mass is 14.1. The summed E-state index contributed by atoms with van der Waals surface area (Å²) in [6.45, 7) is 14.6. The molecule has 0 amide bonds. The van der Waals surface area contributed by atoms with Gasteiger partial charge in [-0.3, -0.25) is 0 Å². The Hall–Kier alpha value is -2.34. The molecule has 0 aromatic heterocycles. The van der Waals surface area contributed by atoms with E-state index in [-0.39, 0.29) is 0 Å². The van der Waals surface area contributed by atoms with Gasteiger partial charge in [-0.15, -0.1) is 0 Å². The second-order valence-electron chi connectivity index (χ2n) is 4.91. The highest BCUT2D eigenvalue weighted by Crippen LogP contribution is 2.20. The van der Waals surface area contributed by atoms with Crippen LogP contribution in [0.3, 0.4) is 0 Å². The van der Waals surface area contributed by atoms with Crippen LogP contribution in [0.4, 0.5) is 0 Å². The predicted molar refractivity (Wildman–Crippen MR) is 86.6 cm³/mol. The molecule has 0 radical (unpaired) electrons. The number of benzene rings is 3. The zero-order valence-corrected chi connectivity index (χ0v) is 11.2. The van der Waals surface area contributed by atoms with Crippen LogP contribution in [0.1, 0.15) is 11.1 Å². The van der Waals surface area contributed by atoms with Gasteiger partial charge in [-0.25, -0.2) is 0 Å². The van der Waals surface area contributed by atoms with Crippen molar-refractivity contribution in [3.63, 3.8) is 0 Å². The van der Waals surface area contributed by atoms with Gasteiger partial charge in [-0.2, -0.15) is 0 Å². The molecule has 0 nitrogen and oxygen atoms in total. The molecule has 0 unspecified atom stereocenters. The molecule has 3 aromatic carbocycles. The van der Waals surface area contributed by atoms with E-state index in [0.29, 0.717) is 0 Å². The molecular formula is C19H16. The Morgan fingerprint density at radius 2 is 1.47 bits per heavy atom. The van der Waals surface area contributed by atoms with Gasteiger partial charge in [-0.05, 0) is 50.0 Å². The van der Waals surface area contributed by atoms with Gasteiger partial charge in [0.1, 0.15) is 0 Å². The smallest absolute Gasteiger partial charge is 0.00699 e. The molecule has 0 aliphatic carbocycles. The van der Waals surface area contributed by atoms with Crippen molar-refractivity contribution in [1.29, 1.82) is 0 Å². The Bertz CT molecular complexity index is 914. The summed E-state index contributed by atoms with van der Waals surface area (Å²) in [5.74, 6) is 0. The fourth-order valence-electron chi connectivity index (χ4n) is 2.88. The molecule has 0 N–H and O–H groups in total. The van der Waals surface area contributed by atoms with Gasteiger partial charge in [0.25, 0.3) is 0 Å². The van der Waals surface area contributed by atoms with Gasteiger partial charge >= 0.3 is 0 Å². The molecule has 0 bridgehead atoms. The lowest BCUT2D eigenvalue weighted by molar-refractivity contribution is 1.49. The van der Waals surface area contributed by atoms with E-state index in [4.69, 9.17) is 0 Å². The Kier molecular flexibility index (Phi) is 2.53. The average Bonchev–Trinajstić information content (AvgIpc) is 2.44. The van der Waals surface area contributed by atoms with Crippen LogP contribution in [0, 0.1) is 6.92 Å². The molecule has 3 aromatic rings. The maximum atomic E-state index is 4.29. The summed E-state index contributed by atoms with van der Waals surface area (Å²) in [7, 11) is 0. The summed E-state index contributed by atoms with van der Waals surface area (Å²) >= 11 is 0. The van der Waals surface area contributed by atoms with Crippen molar-refractivity contribution in [2.75, 3.05) is 0 Å². The van der Waals surface area contributed by atoms with Crippen LogP contribution in [0.2, 0.25) is 0 Å². The highest BCUT2D eigenvalue weighted by molar-refractivity contribution is 6.01. The molecule has 92 valence electrons. The van der Waals surface area contributed by atoms with Gasteiger partial charge in [0, 0.05) is 0 Å². The van der Waals surface area contributed by atoms with Crippen molar-refractivity contribution in [2.45, 2.75) is 6.92 Å². The number of rotatable bonds is 1. The fraction of sp³-hybridized carbons (Fsp3) is 0.0526. The molecule has 0 aliphatic rings. The lowest BCUT2D eigenvalue weighted by Gasteiger charge is -2.10. The first-order valence-electron chi connectivity index (χ1n) is 6.39. The van der Waals surface area contributed by atoms with Crippen molar-refractivity contribution in [2.24, 2.45) is 0 Å². The van der Waals surface area contributed by atoms with Crippen LogP contribution < -0.4 is 10.4 Å². The van der Waals surface area contributed by atoms with E-state index in [9.17, 15) is 0 Å². The topological polar surface area (TPSA) is 0 Å². The summed E-state index contributed by atoms with van der Waals surface area (Å²) in [6.07, 6.45) is 1.90. The van der Waals surface area contributed by atoms with Crippen LogP contribution in [0.5, 0.6) is 0 Å². The standard InChI is InChI=1S/C19H16/c1-5-15-10-11-18-13(3)16-8-6-7-9-17(16)14(4)19(18)12(15)2/h5-11H,1,3-4H2,2H3. The zero-order valence-electron chi connectivity index (χ0n) is 11.2. The summed E-state index contributed by atoms with van der Waals surface area (Å²) in [6, 6.07) is 12.6. The van der Waals surface area contributed by atoms with E-state index in [2.05, 4.69) is 57.0 Å². The van der Waals surface area contributed by atoms with Crippen LogP contribution >= 0.6 is 0 Å². The Balaban J connectivity index is 2.73. The van der Waals surface area contributed by atoms with E-state index in [1.807, 2.05) is 12.1 Å². The SMILES string of the molecule is C=Cc1ccc2c(=C)c3ccccc3c(=C)c2c1C. The van der Waals surface area contributed by atoms with Crippen molar-refractivity contribution in [1.82, 2.24) is 0 Å². The molecular weight excluding hydrogens is 228 g/mol. The Morgan fingerprint density at radius 1 is 0.842 bits per heavy atom. The number of hydrogen-bond donors (Lipinski definition) is 0. The van der Waals surface area contributed by atoms with Gasteiger partial charge in [0.05, 0.1) is 0 Å². The van der Waals surface area contributed by atoms with E-state index in [1.54, 1.807) is 0 Å². The Morgan fingerprint density at radius 3 is 2.11 bits per heavy atom. The minimum Gasteiger partial charge on any atom is -0.0985 e. The van der Waals surface area contributed by atoms with Crippen LogP contribution in [0.15, 0.2) is 43.0 Å². The van der Waals surface area contributed by atoms with Crippen molar-refractivity contribution >= 4 is 40.8 Å². The fourth-order valence-corrected chi connectivity index (χ4v) is 2.88. The molecule has 0 atom stereocenters. The highest BCUT2D eigenvalue weighted by Gasteiger charge is 2.07. The Labute approximate surface area is 113 Å². The van der Waals surface area contributed by atoms with Gasteiger partial charge in [0.15, 0.2) is 0 Å². The molecule has 0 saturated heterocycles. The largest absolute Gasteiger partial charge is 0.0985 e. The molecule has 19 heavy (non-hydrogen) atoms. The third-order valence-corrected chi connectivity index (χ3v) is 3.93. The average molecular weight is 244 g/mol. The number of hydrogen-bond acceptors (Lipinski definition) is 0. The molecule has 0 spiro atoms. The van der Waals surface area contributed by atoms with Crippen LogP contribution in [0.25, 0.3) is 40.8 Å². The predicted octanol–water partition coefficient (Wildman–Crippen LogP) is 3.77. The minimum atomic E-state index is 1.08. The summed E-state index contributed by atoms with van der Waals surface area (Å²) in [5.41, 5.74) is 2.39. The van der Waals surface area contributed by atoms with E-state index in [1.165, 1.54) is 27.1 Å². The first-order chi connectivity index (χ1) is 9.15. The van der Waals surface area contributed by atoms with Crippen molar-refractivity contribution in [3.05, 3.63) is 64.5 Å². The monoisotopic (exact) mass is 244 g/mol. The van der Waals surface area contributed by atoms with Crippen molar-refractivity contribution in [3.8, 4) is 0 Å². The number of aryl methyl sites for hydroxylation is 1. The summed E-state index contributed by atoms with van der Waals surface area (Å²) in [4.78, 5) is 0. The number of fused-ring (bicyclic) bond motifs is 2. The molecule has 3 rings (SSSR count). The molecule has 0 aliphatic heterocycles. The first-order valence-corrected chi connectivity index (χ1v) is 6.39. The molecule has 0 heterocycles. The normalized spacial score (nSPS) is 11.0. The quantitative estimate of drug-likeness (QED) is 0.572. The third kappa shape index (κ3) is 1.53. The van der Waals surface area contributed by atoms with E-state index >= 15 is 0 Å². The van der Waals surface area contributed by atoms with Gasteiger partial charge in [0.2, 0.25) is 0 Å². The minimum absolute atomic E-state index is 1.08. The maximum absolute atomic E-state index is 4.29. The molecule has 0 saturated carbocycles. The molecule has 0 fully saturated rings. The van der Waals surface area contributed by atoms with E-state index < -0.39 is 0 Å². The summed E-state index contributed by atoms with van der Waals surface area (Å²) < 4.78 is 0. The second kappa shape index (κ2) is 4.10. The summed E-state index contributed by atoms with van der Waals surface area (Å²) in [5, 5.41) is 6.93.